The van der Waals surface area contributed by atoms with Crippen molar-refractivity contribution >= 4 is 23.1 Å². The van der Waals surface area contributed by atoms with Crippen LogP contribution in [0.1, 0.15) is 26.7 Å². The minimum absolute atomic E-state index is 0. The van der Waals surface area contributed by atoms with Crippen LogP contribution in [-0.2, 0) is 39.6 Å². The fourth-order valence-corrected chi connectivity index (χ4v) is 0.653. The van der Waals surface area contributed by atoms with Crippen LogP contribution in [0.4, 0.5) is 26.3 Å². The molecule has 0 N–H and O–H groups in total. The maximum absolute atomic E-state index is 11.3. The van der Waals surface area contributed by atoms with E-state index in [9.17, 15) is 45.5 Å². The zero-order valence-corrected chi connectivity index (χ0v) is 12.2. The Bertz CT molecular complexity index is 361. The molecule has 11 heteroatoms. The van der Waals surface area contributed by atoms with Crippen LogP contribution in [0.15, 0.2) is 0 Å². The minimum Gasteiger partial charge on any atom is -0.300 e. The van der Waals surface area contributed by atoms with Gasteiger partial charge in [-0.1, -0.05) is 0 Å². The van der Waals surface area contributed by atoms with Crippen LogP contribution in [0, 0.1) is 0 Å². The molecule has 0 radical (unpaired) electrons. The molecule has 0 rings (SSSR count). The van der Waals surface area contributed by atoms with E-state index in [0.29, 0.717) is 0 Å². The van der Waals surface area contributed by atoms with Gasteiger partial charge in [-0.3, -0.25) is 19.2 Å². The Labute approximate surface area is 128 Å². The normalized spacial score (nSPS) is 10.7. The molecule has 0 amide bonds. The first-order valence-electron chi connectivity index (χ1n) is 4.86. The van der Waals surface area contributed by atoms with Gasteiger partial charge in [0.1, 0.15) is 11.6 Å². The SMILES string of the molecule is CC(=O)CC(=O)C(F)(F)F.CC(=O)CC(=O)C(F)(F)F.[Pd]. The van der Waals surface area contributed by atoms with E-state index in [0.717, 1.165) is 13.8 Å². The van der Waals surface area contributed by atoms with Gasteiger partial charge in [0.15, 0.2) is 0 Å². The van der Waals surface area contributed by atoms with Gasteiger partial charge < -0.3 is 0 Å². The average Bonchev–Trinajstić information content (AvgIpc) is 2.13. The largest absolute Gasteiger partial charge is 0.450 e. The Morgan fingerprint density at radius 1 is 0.667 bits per heavy atom. The average molecular weight is 415 g/mol. The van der Waals surface area contributed by atoms with Crippen molar-refractivity contribution in [3.8, 4) is 0 Å². The number of carbonyl (C=O) groups excluding carboxylic acids is 4. The van der Waals surface area contributed by atoms with E-state index >= 15 is 0 Å². The van der Waals surface area contributed by atoms with Crippen LogP contribution in [0.3, 0.4) is 0 Å². The maximum Gasteiger partial charge on any atom is 0.450 e. The predicted octanol–water partition coefficient (Wildman–Crippen LogP) is 2.19. The zero-order valence-electron chi connectivity index (χ0n) is 10.6. The molecule has 0 aromatic heterocycles. The fourth-order valence-electron chi connectivity index (χ4n) is 0.653. The molecule has 21 heavy (non-hydrogen) atoms. The van der Waals surface area contributed by atoms with E-state index in [1.165, 1.54) is 0 Å². The van der Waals surface area contributed by atoms with Crippen LogP contribution < -0.4 is 0 Å². The molecule has 0 bridgehead atoms. The number of carbonyl (C=O) groups is 4. The Balaban J connectivity index is -0.000000295. The Hall–Kier alpha value is -1.08. The Morgan fingerprint density at radius 3 is 0.905 bits per heavy atom. The second-order valence-corrected chi connectivity index (χ2v) is 3.60. The number of ketones is 4. The van der Waals surface area contributed by atoms with Gasteiger partial charge in [0.05, 0.1) is 12.8 Å². The van der Waals surface area contributed by atoms with Gasteiger partial charge in [0, 0.05) is 20.4 Å². The van der Waals surface area contributed by atoms with Crippen LogP contribution in [0.25, 0.3) is 0 Å². The smallest absolute Gasteiger partial charge is 0.300 e. The maximum atomic E-state index is 11.3. The second kappa shape index (κ2) is 9.79. The third kappa shape index (κ3) is 15.1. The molecular formula is C10H10F6O4Pd. The number of halogens is 6. The van der Waals surface area contributed by atoms with Gasteiger partial charge >= 0.3 is 12.4 Å². The van der Waals surface area contributed by atoms with Crippen LogP contribution in [-0.4, -0.2) is 35.5 Å². The molecule has 0 atom stereocenters. The van der Waals surface area contributed by atoms with Gasteiger partial charge in [-0.15, -0.1) is 0 Å². The molecule has 0 aromatic rings. The monoisotopic (exact) mass is 414 g/mol. The molecule has 0 spiro atoms. The minimum atomic E-state index is -4.87. The van der Waals surface area contributed by atoms with Gasteiger partial charge in [-0.05, 0) is 13.8 Å². The van der Waals surface area contributed by atoms with Crippen molar-refractivity contribution in [2.24, 2.45) is 0 Å². The molecule has 0 aromatic carbocycles. The summed E-state index contributed by atoms with van der Waals surface area (Å²) in [5.74, 6) is -5.52. The van der Waals surface area contributed by atoms with Crippen LogP contribution >= 0.6 is 0 Å². The molecule has 0 aliphatic heterocycles. The quantitative estimate of drug-likeness (QED) is 0.402. The number of hydrogen-bond donors (Lipinski definition) is 0. The van der Waals surface area contributed by atoms with Gasteiger partial charge in [-0.25, -0.2) is 0 Å². The molecule has 0 saturated carbocycles. The van der Waals surface area contributed by atoms with E-state index in [1.54, 1.807) is 0 Å². The molecule has 0 heterocycles. The summed E-state index contributed by atoms with van der Waals surface area (Å²) in [5, 5.41) is 0. The van der Waals surface area contributed by atoms with Gasteiger partial charge in [-0.2, -0.15) is 26.3 Å². The third-order valence-electron chi connectivity index (χ3n) is 1.45. The van der Waals surface area contributed by atoms with Crippen LogP contribution in [0.2, 0.25) is 0 Å². The summed E-state index contributed by atoms with van der Waals surface area (Å²) in [7, 11) is 0. The molecule has 4 nitrogen and oxygen atoms in total. The number of hydrogen-bond acceptors (Lipinski definition) is 4. The van der Waals surface area contributed by atoms with Crippen LogP contribution in [0.5, 0.6) is 0 Å². The van der Waals surface area contributed by atoms with Gasteiger partial charge in [0.2, 0.25) is 11.6 Å². The van der Waals surface area contributed by atoms with Crippen molar-refractivity contribution in [2.75, 3.05) is 0 Å². The molecule has 0 aliphatic rings. The topological polar surface area (TPSA) is 68.3 Å². The molecular weight excluding hydrogens is 405 g/mol. The van der Waals surface area contributed by atoms with E-state index in [4.69, 9.17) is 0 Å². The van der Waals surface area contributed by atoms with Crippen molar-refractivity contribution in [3.63, 3.8) is 0 Å². The summed E-state index contributed by atoms with van der Waals surface area (Å²) >= 11 is 0. The number of alkyl halides is 6. The van der Waals surface area contributed by atoms with Crippen molar-refractivity contribution < 1.29 is 65.9 Å². The fraction of sp³-hybridized carbons (Fsp3) is 0.600. The zero-order chi connectivity index (χ0) is 16.7. The van der Waals surface area contributed by atoms with E-state index < -0.39 is 48.3 Å². The second-order valence-electron chi connectivity index (χ2n) is 3.60. The standard InChI is InChI=1S/2C5H5F3O2.Pd/c2*1-3(9)2-4(10)5(6,7)8;/h2*2H2,1H3;. The van der Waals surface area contributed by atoms with Crippen molar-refractivity contribution in [3.05, 3.63) is 0 Å². The first kappa shape index (κ1) is 24.9. The summed E-state index contributed by atoms with van der Waals surface area (Å²) in [4.78, 5) is 39.8. The van der Waals surface area contributed by atoms with Crippen molar-refractivity contribution in [1.82, 2.24) is 0 Å². The first-order chi connectivity index (χ1) is 8.67. The van der Waals surface area contributed by atoms with E-state index in [2.05, 4.69) is 0 Å². The summed E-state index contributed by atoms with van der Waals surface area (Å²) in [6, 6.07) is 0. The summed E-state index contributed by atoms with van der Waals surface area (Å²) in [6.45, 7) is 1.87. The number of rotatable bonds is 4. The van der Waals surface area contributed by atoms with Crippen molar-refractivity contribution in [2.45, 2.75) is 39.0 Å². The Morgan fingerprint density at radius 2 is 0.857 bits per heavy atom. The van der Waals surface area contributed by atoms with Crippen molar-refractivity contribution in [1.29, 1.82) is 0 Å². The summed E-state index contributed by atoms with van der Waals surface area (Å²) in [5.41, 5.74) is 0. The summed E-state index contributed by atoms with van der Waals surface area (Å²) < 4.78 is 67.8. The van der Waals surface area contributed by atoms with E-state index in [1.807, 2.05) is 0 Å². The first-order valence-corrected chi connectivity index (χ1v) is 4.86. The summed E-state index contributed by atoms with van der Waals surface area (Å²) in [6.07, 6.45) is -11.8. The third-order valence-corrected chi connectivity index (χ3v) is 1.45. The molecule has 126 valence electrons. The number of Topliss-reactive ketones (excluding diaryl/α,β-unsaturated/α-hetero) is 4. The predicted molar refractivity (Wildman–Crippen MR) is 52.7 cm³/mol. The molecule has 0 unspecified atom stereocenters. The molecule has 0 fully saturated rings. The van der Waals surface area contributed by atoms with Gasteiger partial charge in [0.25, 0.3) is 0 Å². The Kier molecular flexibility index (Phi) is 11.6. The molecule has 0 aliphatic carbocycles. The molecule has 0 saturated heterocycles. The van der Waals surface area contributed by atoms with E-state index in [-0.39, 0.29) is 20.4 Å².